The van der Waals surface area contributed by atoms with Gasteiger partial charge in [-0.2, -0.15) is 0 Å². The van der Waals surface area contributed by atoms with Crippen LogP contribution in [0.1, 0.15) is 12.1 Å². The van der Waals surface area contributed by atoms with Gasteiger partial charge in [-0.3, -0.25) is 9.80 Å². The molecule has 5 nitrogen and oxygen atoms in total. The summed E-state index contributed by atoms with van der Waals surface area (Å²) >= 11 is 0. The fourth-order valence-corrected chi connectivity index (χ4v) is 3.56. The number of hydrogen-bond acceptors (Lipinski definition) is 5. The molecule has 2 aliphatic rings. The van der Waals surface area contributed by atoms with E-state index < -0.39 is 0 Å². The Hall–Kier alpha value is -1.69. The van der Waals surface area contributed by atoms with Crippen LogP contribution in [0.15, 0.2) is 41.0 Å². The van der Waals surface area contributed by atoms with Crippen molar-refractivity contribution in [3.63, 3.8) is 0 Å². The van der Waals surface area contributed by atoms with Gasteiger partial charge in [-0.05, 0) is 25.1 Å². The Kier molecular flexibility index (Phi) is 4.41. The molecule has 4 rings (SSSR count). The summed E-state index contributed by atoms with van der Waals surface area (Å²) in [7, 11) is 0. The summed E-state index contributed by atoms with van der Waals surface area (Å²) < 4.78 is 5.64. The third kappa shape index (κ3) is 3.47. The van der Waals surface area contributed by atoms with Crippen molar-refractivity contribution in [1.82, 2.24) is 20.1 Å². The van der Waals surface area contributed by atoms with E-state index in [0.29, 0.717) is 0 Å². The molecule has 0 radical (unpaired) electrons. The van der Waals surface area contributed by atoms with Gasteiger partial charge in [0.15, 0.2) is 0 Å². The van der Waals surface area contributed by atoms with Crippen LogP contribution < -0.4 is 5.32 Å². The predicted molar refractivity (Wildman–Crippen MR) is 90.1 cm³/mol. The molecule has 0 amide bonds. The van der Waals surface area contributed by atoms with Crippen LogP contribution in [0, 0.1) is 0 Å². The first-order valence-electron chi connectivity index (χ1n) is 8.55. The van der Waals surface area contributed by atoms with Gasteiger partial charge in [0.25, 0.3) is 0 Å². The van der Waals surface area contributed by atoms with E-state index in [4.69, 9.17) is 4.42 Å². The number of nitrogens with one attached hydrogen (secondary N) is 1. The zero-order chi connectivity index (χ0) is 15.5. The third-order valence-electron chi connectivity index (χ3n) is 4.92. The van der Waals surface area contributed by atoms with Gasteiger partial charge in [-0.25, -0.2) is 4.98 Å². The summed E-state index contributed by atoms with van der Waals surface area (Å²) in [5.41, 5.74) is 2.07. The van der Waals surface area contributed by atoms with Crippen LogP contribution in [0.25, 0.3) is 11.5 Å². The van der Waals surface area contributed by atoms with Gasteiger partial charge >= 0.3 is 0 Å². The predicted octanol–water partition coefficient (Wildman–Crippen LogP) is 1.82. The summed E-state index contributed by atoms with van der Waals surface area (Å²) in [5, 5.41) is 3.46. The second kappa shape index (κ2) is 6.83. The molecule has 122 valence electrons. The van der Waals surface area contributed by atoms with E-state index in [0.717, 1.165) is 62.5 Å². The van der Waals surface area contributed by atoms with E-state index in [9.17, 15) is 0 Å². The maximum absolute atomic E-state index is 5.64. The molecule has 3 heterocycles. The average molecular weight is 312 g/mol. The highest BCUT2D eigenvalue weighted by Gasteiger charge is 2.26. The first kappa shape index (κ1) is 14.9. The molecule has 1 atom stereocenters. The number of nitrogens with zero attached hydrogens (tertiary/aromatic N) is 3. The van der Waals surface area contributed by atoms with Crippen molar-refractivity contribution in [2.75, 3.05) is 39.3 Å². The Morgan fingerprint density at radius 1 is 1.13 bits per heavy atom. The van der Waals surface area contributed by atoms with Crippen LogP contribution in [0.2, 0.25) is 0 Å². The Morgan fingerprint density at radius 2 is 1.96 bits per heavy atom. The largest absolute Gasteiger partial charge is 0.444 e. The molecular formula is C18H24N4O. The van der Waals surface area contributed by atoms with E-state index in [-0.39, 0.29) is 0 Å². The smallest absolute Gasteiger partial charge is 0.226 e. The highest BCUT2D eigenvalue weighted by molar-refractivity contribution is 5.52. The lowest BCUT2D eigenvalue weighted by molar-refractivity contribution is 0.0973. The van der Waals surface area contributed by atoms with Gasteiger partial charge in [0, 0.05) is 50.9 Å². The van der Waals surface area contributed by atoms with Crippen LogP contribution in [-0.4, -0.2) is 60.1 Å². The van der Waals surface area contributed by atoms with Gasteiger partial charge < -0.3 is 9.73 Å². The number of rotatable bonds is 4. The fourth-order valence-electron chi connectivity index (χ4n) is 3.56. The molecule has 1 aromatic carbocycles. The van der Waals surface area contributed by atoms with Crippen LogP contribution in [0.5, 0.6) is 0 Å². The second-order valence-corrected chi connectivity index (χ2v) is 6.47. The topological polar surface area (TPSA) is 44.5 Å². The molecule has 2 saturated heterocycles. The number of piperazine rings is 1. The van der Waals surface area contributed by atoms with Crippen molar-refractivity contribution in [3.8, 4) is 11.5 Å². The zero-order valence-corrected chi connectivity index (χ0v) is 13.4. The maximum Gasteiger partial charge on any atom is 0.226 e. The summed E-state index contributed by atoms with van der Waals surface area (Å²) in [6.07, 6.45) is 3.10. The average Bonchev–Trinajstić information content (AvgIpc) is 3.28. The first-order valence-corrected chi connectivity index (χ1v) is 8.55. The van der Waals surface area contributed by atoms with Crippen molar-refractivity contribution >= 4 is 0 Å². The summed E-state index contributed by atoms with van der Waals surface area (Å²) in [5.74, 6) is 0.719. The molecule has 1 aromatic heterocycles. The Balaban J connectivity index is 1.32. The summed E-state index contributed by atoms with van der Waals surface area (Å²) in [4.78, 5) is 9.75. The zero-order valence-electron chi connectivity index (χ0n) is 13.4. The van der Waals surface area contributed by atoms with E-state index in [1.807, 2.05) is 30.3 Å². The lowest BCUT2D eigenvalue weighted by atomic mass is 10.2. The lowest BCUT2D eigenvalue weighted by Crippen LogP contribution is -2.50. The maximum atomic E-state index is 5.64. The Labute approximate surface area is 137 Å². The molecule has 5 heteroatoms. The van der Waals surface area contributed by atoms with Crippen molar-refractivity contribution < 1.29 is 4.42 Å². The Bertz CT molecular complexity index is 613. The van der Waals surface area contributed by atoms with E-state index in [1.54, 1.807) is 6.26 Å². The molecule has 0 spiro atoms. The SMILES string of the molecule is c1ccc(-c2nc(CN3CCN(C4CCNC4)CC3)co2)cc1. The number of benzene rings is 1. The van der Waals surface area contributed by atoms with Gasteiger partial charge in [-0.1, -0.05) is 18.2 Å². The standard InChI is InChI=1S/C18H24N4O/c1-2-4-15(5-3-1)18-20-16(14-23-18)13-21-8-10-22(11-9-21)17-6-7-19-12-17/h1-5,14,17,19H,6-13H2. The van der Waals surface area contributed by atoms with Gasteiger partial charge in [0.2, 0.25) is 5.89 Å². The number of aromatic nitrogens is 1. The molecular weight excluding hydrogens is 288 g/mol. The molecule has 0 bridgehead atoms. The Morgan fingerprint density at radius 3 is 2.70 bits per heavy atom. The van der Waals surface area contributed by atoms with Crippen LogP contribution in [-0.2, 0) is 6.54 Å². The fraction of sp³-hybridized carbons (Fsp3) is 0.500. The molecule has 1 N–H and O–H groups in total. The third-order valence-corrected chi connectivity index (χ3v) is 4.92. The number of hydrogen-bond donors (Lipinski definition) is 1. The van der Waals surface area contributed by atoms with E-state index in [2.05, 4.69) is 20.1 Å². The van der Waals surface area contributed by atoms with Crippen LogP contribution in [0.4, 0.5) is 0 Å². The molecule has 2 fully saturated rings. The van der Waals surface area contributed by atoms with Crippen molar-refractivity contribution in [2.24, 2.45) is 0 Å². The quantitative estimate of drug-likeness (QED) is 0.933. The normalized spacial score (nSPS) is 23.4. The highest BCUT2D eigenvalue weighted by Crippen LogP contribution is 2.19. The van der Waals surface area contributed by atoms with Gasteiger partial charge in [0.1, 0.15) is 6.26 Å². The molecule has 0 aliphatic carbocycles. The van der Waals surface area contributed by atoms with Gasteiger partial charge in [-0.15, -0.1) is 0 Å². The number of oxazole rings is 1. The first-order chi connectivity index (χ1) is 11.4. The molecule has 2 aromatic rings. The second-order valence-electron chi connectivity index (χ2n) is 6.47. The van der Waals surface area contributed by atoms with Crippen molar-refractivity contribution in [1.29, 1.82) is 0 Å². The molecule has 0 saturated carbocycles. The summed E-state index contributed by atoms with van der Waals surface area (Å²) in [6.45, 7) is 7.77. The van der Waals surface area contributed by atoms with Crippen molar-refractivity contribution in [3.05, 3.63) is 42.3 Å². The molecule has 1 unspecified atom stereocenters. The lowest BCUT2D eigenvalue weighted by Gasteiger charge is -2.37. The van der Waals surface area contributed by atoms with Crippen LogP contribution in [0.3, 0.4) is 0 Å². The minimum Gasteiger partial charge on any atom is -0.444 e. The molecule has 2 aliphatic heterocycles. The van der Waals surface area contributed by atoms with E-state index in [1.165, 1.54) is 13.0 Å². The van der Waals surface area contributed by atoms with Crippen molar-refractivity contribution in [2.45, 2.75) is 19.0 Å². The van der Waals surface area contributed by atoms with Crippen LogP contribution >= 0.6 is 0 Å². The minimum absolute atomic E-state index is 0.719. The summed E-state index contributed by atoms with van der Waals surface area (Å²) in [6, 6.07) is 10.8. The van der Waals surface area contributed by atoms with E-state index >= 15 is 0 Å². The monoisotopic (exact) mass is 312 g/mol. The molecule has 23 heavy (non-hydrogen) atoms. The minimum atomic E-state index is 0.719. The highest BCUT2D eigenvalue weighted by atomic mass is 16.3. The van der Waals surface area contributed by atoms with Gasteiger partial charge in [0.05, 0.1) is 5.69 Å².